The van der Waals surface area contributed by atoms with Crippen LogP contribution in [0.25, 0.3) is 22.3 Å². The Morgan fingerprint density at radius 1 is 0.700 bits per heavy atom. The summed E-state index contributed by atoms with van der Waals surface area (Å²) in [4.78, 5) is 0. The summed E-state index contributed by atoms with van der Waals surface area (Å²) in [6.07, 6.45) is 9.87. The smallest absolute Gasteiger partial charge is 0.0713 e. The fraction of sp³-hybridized carbons (Fsp3) is 0.310. The Morgan fingerprint density at radius 3 is 1.63 bits per heavy atom. The van der Waals surface area contributed by atoms with Crippen LogP contribution >= 0.6 is 0 Å². The third-order valence-electron chi connectivity index (χ3n) is 6.44. The SMILES string of the molecule is C/C=C/C1CCC(c2ccc(-c3ccc(-c4ccc(COC)cc4)cc3)cc2)CC1. The van der Waals surface area contributed by atoms with Gasteiger partial charge in [0.1, 0.15) is 0 Å². The van der Waals surface area contributed by atoms with Crippen LogP contribution < -0.4 is 0 Å². The van der Waals surface area contributed by atoms with Crippen molar-refractivity contribution < 1.29 is 4.74 Å². The standard InChI is InChI=1S/C29H32O/c1-3-4-22-5-9-24(10-6-22)26-13-17-28(18-14-26)29-19-15-27(16-20-29)25-11-7-23(8-12-25)21-30-2/h3-4,7-8,11-20,22,24H,5-6,9-10,21H2,1-2H3/b4-3+. The molecule has 1 fully saturated rings. The predicted molar refractivity (Wildman–Crippen MR) is 128 cm³/mol. The topological polar surface area (TPSA) is 9.23 Å². The molecular formula is C29H32O. The van der Waals surface area contributed by atoms with Gasteiger partial charge in [-0.2, -0.15) is 0 Å². The lowest BCUT2D eigenvalue weighted by Crippen LogP contribution is -2.11. The molecule has 0 atom stereocenters. The van der Waals surface area contributed by atoms with Gasteiger partial charge in [-0.3, -0.25) is 0 Å². The van der Waals surface area contributed by atoms with E-state index < -0.39 is 0 Å². The first-order chi connectivity index (χ1) is 14.8. The lowest BCUT2D eigenvalue weighted by molar-refractivity contribution is 0.185. The van der Waals surface area contributed by atoms with Crippen LogP contribution in [-0.2, 0) is 11.3 Å². The molecule has 0 aliphatic heterocycles. The van der Waals surface area contributed by atoms with Crippen molar-refractivity contribution in [3.63, 3.8) is 0 Å². The molecule has 1 aliphatic carbocycles. The van der Waals surface area contributed by atoms with Gasteiger partial charge in [-0.25, -0.2) is 0 Å². The van der Waals surface area contributed by atoms with Gasteiger partial charge in [0.2, 0.25) is 0 Å². The van der Waals surface area contributed by atoms with Gasteiger partial charge in [-0.15, -0.1) is 0 Å². The molecule has 0 saturated heterocycles. The van der Waals surface area contributed by atoms with Crippen molar-refractivity contribution in [2.75, 3.05) is 7.11 Å². The number of benzene rings is 3. The summed E-state index contributed by atoms with van der Waals surface area (Å²) in [7, 11) is 1.73. The van der Waals surface area contributed by atoms with Crippen molar-refractivity contribution in [2.45, 2.75) is 45.1 Å². The molecule has 154 valence electrons. The fourth-order valence-corrected chi connectivity index (χ4v) is 4.68. The third kappa shape index (κ3) is 4.91. The van der Waals surface area contributed by atoms with Gasteiger partial charge in [0.05, 0.1) is 6.61 Å². The second-order valence-electron chi connectivity index (χ2n) is 8.47. The molecule has 0 bridgehead atoms. The van der Waals surface area contributed by atoms with Crippen molar-refractivity contribution >= 4 is 0 Å². The van der Waals surface area contributed by atoms with Crippen LogP contribution in [0.3, 0.4) is 0 Å². The number of ether oxygens (including phenoxy) is 1. The highest BCUT2D eigenvalue weighted by molar-refractivity contribution is 5.70. The van der Waals surface area contributed by atoms with Gasteiger partial charge in [-0.1, -0.05) is 84.9 Å². The maximum absolute atomic E-state index is 5.20. The Morgan fingerprint density at radius 2 is 1.17 bits per heavy atom. The average Bonchev–Trinajstić information content (AvgIpc) is 2.81. The Balaban J connectivity index is 1.42. The van der Waals surface area contributed by atoms with Crippen LogP contribution in [0, 0.1) is 5.92 Å². The van der Waals surface area contributed by atoms with E-state index in [0.29, 0.717) is 6.61 Å². The van der Waals surface area contributed by atoms with Crippen molar-refractivity contribution in [3.05, 3.63) is 96.1 Å². The molecule has 0 N–H and O–H groups in total. The van der Waals surface area contributed by atoms with Crippen LogP contribution in [0.4, 0.5) is 0 Å². The van der Waals surface area contributed by atoms with Crippen molar-refractivity contribution in [2.24, 2.45) is 5.92 Å². The van der Waals surface area contributed by atoms with E-state index in [1.807, 2.05) is 0 Å². The van der Waals surface area contributed by atoms with Gasteiger partial charge in [0.25, 0.3) is 0 Å². The first-order valence-corrected chi connectivity index (χ1v) is 11.2. The van der Waals surface area contributed by atoms with E-state index >= 15 is 0 Å². The molecule has 0 aromatic heterocycles. The lowest BCUT2D eigenvalue weighted by atomic mass is 9.78. The summed E-state index contributed by atoms with van der Waals surface area (Å²) < 4.78 is 5.20. The van der Waals surface area contributed by atoms with Crippen LogP contribution in [0.15, 0.2) is 84.9 Å². The number of hydrogen-bond acceptors (Lipinski definition) is 1. The molecule has 1 heteroatoms. The summed E-state index contributed by atoms with van der Waals surface area (Å²) in [5.41, 5.74) is 7.77. The van der Waals surface area contributed by atoms with Gasteiger partial charge in [0.15, 0.2) is 0 Å². The highest BCUT2D eigenvalue weighted by Crippen LogP contribution is 2.37. The number of allylic oxidation sites excluding steroid dienone is 2. The maximum atomic E-state index is 5.20. The molecule has 0 amide bonds. The van der Waals surface area contributed by atoms with Gasteiger partial charge in [-0.05, 0) is 77.8 Å². The van der Waals surface area contributed by atoms with E-state index in [-0.39, 0.29) is 0 Å². The second kappa shape index (κ2) is 9.91. The minimum Gasteiger partial charge on any atom is -0.380 e. The molecule has 1 nitrogen and oxygen atoms in total. The van der Waals surface area contributed by atoms with E-state index in [9.17, 15) is 0 Å². The van der Waals surface area contributed by atoms with Crippen LogP contribution in [0.2, 0.25) is 0 Å². The van der Waals surface area contributed by atoms with Gasteiger partial charge >= 0.3 is 0 Å². The monoisotopic (exact) mass is 396 g/mol. The Hall–Kier alpha value is -2.64. The van der Waals surface area contributed by atoms with E-state index in [1.54, 1.807) is 7.11 Å². The molecule has 3 aromatic rings. The molecule has 30 heavy (non-hydrogen) atoms. The molecule has 0 unspecified atom stereocenters. The van der Waals surface area contributed by atoms with Crippen LogP contribution in [0.5, 0.6) is 0 Å². The van der Waals surface area contributed by atoms with Gasteiger partial charge in [0, 0.05) is 7.11 Å². The zero-order valence-corrected chi connectivity index (χ0v) is 18.2. The van der Waals surface area contributed by atoms with E-state index in [0.717, 1.165) is 11.8 Å². The van der Waals surface area contributed by atoms with E-state index in [4.69, 9.17) is 4.74 Å². The normalized spacial score (nSPS) is 19.3. The largest absolute Gasteiger partial charge is 0.380 e. The highest BCUT2D eigenvalue weighted by Gasteiger charge is 2.20. The maximum Gasteiger partial charge on any atom is 0.0713 e. The third-order valence-corrected chi connectivity index (χ3v) is 6.44. The highest BCUT2D eigenvalue weighted by atomic mass is 16.5. The Kier molecular flexibility index (Phi) is 6.81. The number of methoxy groups -OCH3 is 1. The van der Waals surface area contributed by atoms with Crippen molar-refractivity contribution in [1.82, 2.24) is 0 Å². The molecule has 1 saturated carbocycles. The quantitative estimate of drug-likeness (QED) is 0.383. The molecule has 4 rings (SSSR count). The Labute approximate surface area is 181 Å². The van der Waals surface area contributed by atoms with E-state index in [2.05, 4.69) is 91.9 Å². The lowest BCUT2D eigenvalue weighted by Gasteiger charge is -2.27. The summed E-state index contributed by atoms with van der Waals surface area (Å²) in [5.74, 6) is 1.52. The molecule has 0 radical (unpaired) electrons. The van der Waals surface area contributed by atoms with Crippen molar-refractivity contribution in [3.8, 4) is 22.3 Å². The zero-order chi connectivity index (χ0) is 20.8. The number of hydrogen-bond donors (Lipinski definition) is 0. The molecule has 3 aromatic carbocycles. The summed E-state index contributed by atoms with van der Waals surface area (Å²) in [5, 5.41) is 0. The molecule has 0 heterocycles. The summed E-state index contributed by atoms with van der Waals surface area (Å²) in [6.45, 7) is 2.79. The van der Waals surface area contributed by atoms with Crippen LogP contribution in [-0.4, -0.2) is 7.11 Å². The van der Waals surface area contributed by atoms with Gasteiger partial charge < -0.3 is 4.74 Å². The molecule has 1 aliphatic rings. The summed E-state index contributed by atoms with van der Waals surface area (Å²) in [6, 6.07) is 26.8. The van der Waals surface area contributed by atoms with Crippen molar-refractivity contribution in [1.29, 1.82) is 0 Å². The first kappa shape index (κ1) is 20.6. The predicted octanol–water partition coefficient (Wildman–Crippen LogP) is 8.02. The summed E-state index contributed by atoms with van der Waals surface area (Å²) >= 11 is 0. The molecule has 0 spiro atoms. The van der Waals surface area contributed by atoms with Crippen LogP contribution in [0.1, 0.15) is 49.7 Å². The minimum absolute atomic E-state index is 0.659. The first-order valence-electron chi connectivity index (χ1n) is 11.2. The zero-order valence-electron chi connectivity index (χ0n) is 18.2. The fourth-order valence-electron chi connectivity index (χ4n) is 4.68. The minimum atomic E-state index is 0.659. The second-order valence-corrected chi connectivity index (χ2v) is 8.47. The Bertz CT molecular complexity index is 941. The number of rotatable bonds is 6. The average molecular weight is 397 g/mol. The van der Waals surface area contributed by atoms with E-state index in [1.165, 1.54) is 59.1 Å². The molecular weight excluding hydrogens is 364 g/mol.